The van der Waals surface area contributed by atoms with Gasteiger partial charge in [0.25, 0.3) is 0 Å². The monoisotopic (exact) mass is 197 g/mol. The van der Waals surface area contributed by atoms with E-state index in [4.69, 9.17) is 10.8 Å². The lowest BCUT2D eigenvalue weighted by Gasteiger charge is -2.06. The number of carbonyl (C=O) groups excluding carboxylic acids is 1. The number of carbonyl (C=O) groups is 1. The first-order valence-electron chi connectivity index (χ1n) is 3.86. The summed E-state index contributed by atoms with van der Waals surface area (Å²) < 4.78 is 0. The Balaban J connectivity index is 2.64. The predicted octanol–water partition coefficient (Wildman–Crippen LogP) is 0.718. The van der Waals surface area contributed by atoms with Gasteiger partial charge in [0.2, 0.25) is 5.12 Å². The van der Waals surface area contributed by atoms with Crippen LogP contribution >= 0.6 is 12.6 Å². The zero-order valence-electron chi connectivity index (χ0n) is 6.97. The molecule has 1 atom stereocenters. The number of nitrogens with two attached hydrogens (primary N) is 1. The van der Waals surface area contributed by atoms with Crippen LogP contribution in [0.15, 0.2) is 24.3 Å². The second-order valence-electron chi connectivity index (χ2n) is 2.82. The van der Waals surface area contributed by atoms with E-state index in [2.05, 4.69) is 12.6 Å². The van der Waals surface area contributed by atoms with E-state index in [-0.39, 0.29) is 10.9 Å². The van der Waals surface area contributed by atoms with Crippen LogP contribution in [0.4, 0.5) is 0 Å². The maximum absolute atomic E-state index is 10.7. The maximum Gasteiger partial charge on any atom is 0.202 e. The Hall–Kier alpha value is -1.000. The Bertz CT molecular complexity index is 297. The molecule has 0 aromatic heterocycles. The van der Waals surface area contributed by atoms with Crippen molar-refractivity contribution in [2.24, 2.45) is 5.73 Å². The fourth-order valence-electron chi connectivity index (χ4n) is 0.973. The van der Waals surface area contributed by atoms with Gasteiger partial charge in [0.05, 0.1) is 6.04 Å². The first kappa shape index (κ1) is 10.1. The van der Waals surface area contributed by atoms with Crippen molar-refractivity contribution in [1.29, 1.82) is 0 Å². The van der Waals surface area contributed by atoms with Gasteiger partial charge < -0.3 is 10.8 Å². The van der Waals surface area contributed by atoms with E-state index in [0.717, 1.165) is 5.56 Å². The third-order valence-corrected chi connectivity index (χ3v) is 2.04. The summed E-state index contributed by atoms with van der Waals surface area (Å²) >= 11 is 3.63. The van der Waals surface area contributed by atoms with Gasteiger partial charge in [-0.3, -0.25) is 4.79 Å². The first-order valence-corrected chi connectivity index (χ1v) is 4.30. The van der Waals surface area contributed by atoms with Crippen LogP contribution in [0.25, 0.3) is 0 Å². The zero-order valence-corrected chi connectivity index (χ0v) is 7.87. The number of rotatable bonds is 3. The molecule has 0 spiro atoms. The van der Waals surface area contributed by atoms with Gasteiger partial charge in [0.15, 0.2) is 0 Å². The molecule has 4 heteroatoms. The smallest absolute Gasteiger partial charge is 0.202 e. The summed E-state index contributed by atoms with van der Waals surface area (Å²) in [6.07, 6.45) is 0.447. The fourth-order valence-corrected chi connectivity index (χ4v) is 1.06. The highest BCUT2D eigenvalue weighted by molar-refractivity contribution is 7.96. The van der Waals surface area contributed by atoms with Crippen LogP contribution in [0, 0.1) is 0 Å². The zero-order chi connectivity index (χ0) is 9.84. The summed E-state index contributed by atoms with van der Waals surface area (Å²) in [6.45, 7) is 0. The Morgan fingerprint density at radius 3 is 2.46 bits per heavy atom. The van der Waals surface area contributed by atoms with Crippen molar-refractivity contribution in [2.45, 2.75) is 12.5 Å². The minimum absolute atomic E-state index is 0.203. The van der Waals surface area contributed by atoms with Crippen LogP contribution in [0.1, 0.15) is 5.56 Å². The third-order valence-electron chi connectivity index (χ3n) is 1.71. The molecule has 1 rings (SSSR count). The van der Waals surface area contributed by atoms with Gasteiger partial charge in [-0.2, -0.15) is 0 Å². The molecule has 0 amide bonds. The average molecular weight is 197 g/mol. The standard InChI is InChI=1S/C9H11NO2S/c10-8(9(12)13)5-6-1-3-7(11)4-2-6/h1-4,8,11H,5,10H2,(H,12,13)/t8-/m1/s1. The van der Waals surface area contributed by atoms with Crippen molar-refractivity contribution in [3.8, 4) is 5.75 Å². The molecule has 0 aliphatic carbocycles. The third kappa shape index (κ3) is 3.08. The largest absolute Gasteiger partial charge is 0.508 e. The minimum atomic E-state index is -0.576. The number of hydrogen-bond acceptors (Lipinski definition) is 3. The molecule has 3 nitrogen and oxygen atoms in total. The quantitative estimate of drug-likeness (QED) is 0.626. The average Bonchev–Trinajstić information content (AvgIpc) is 2.08. The van der Waals surface area contributed by atoms with E-state index in [9.17, 15) is 4.79 Å². The van der Waals surface area contributed by atoms with Crippen LogP contribution in [0.2, 0.25) is 0 Å². The summed E-state index contributed by atoms with van der Waals surface area (Å²) in [4.78, 5) is 10.7. The molecule has 0 saturated carbocycles. The highest BCUT2D eigenvalue weighted by Gasteiger charge is 2.09. The summed E-state index contributed by atoms with van der Waals surface area (Å²) in [7, 11) is 0. The number of benzene rings is 1. The Kier molecular flexibility index (Phi) is 3.33. The summed E-state index contributed by atoms with van der Waals surface area (Å²) in [5.74, 6) is 0.203. The molecule has 0 aliphatic rings. The Labute approximate surface area is 82.0 Å². The van der Waals surface area contributed by atoms with E-state index in [1.54, 1.807) is 24.3 Å². The summed E-state index contributed by atoms with van der Waals surface area (Å²) in [6, 6.07) is 6.00. The molecular weight excluding hydrogens is 186 g/mol. The minimum Gasteiger partial charge on any atom is -0.508 e. The number of hydrogen-bond donors (Lipinski definition) is 3. The summed E-state index contributed by atoms with van der Waals surface area (Å²) in [5.41, 5.74) is 6.41. The lowest BCUT2D eigenvalue weighted by molar-refractivity contribution is -0.111. The SMILES string of the molecule is N[C@H](Cc1ccc(O)cc1)C(=O)S. The molecule has 0 fully saturated rings. The van der Waals surface area contributed by atoms with Crippen LogP contribution < -0.4 is 5.73 Å². The number of phenolic OH excluding ortho intramolecular Hbond substituents is 1. The predicted molar refractivity (Wildman–Crippen MR) is 53.8 cm³/mol. The molecule has 0 saturated heterocycles. The van der Waals surface area contributed by atoms with Crippen molar-refractivity contribution in [3.05, 3.63) is 29.8 Å². The summed E-state index contributed by atoms with van der Waals surface area (Å²) in [5, 5.41) is 8.66. The number of aromatic hydroxyl groups is 1. The van der Waals surface area contributed by atoms with E-state index in [0.29, 0.717) is 6.42 Å². The van der Waals surface area contributed by atoms with Crippen molar-refractivity contribution < 1.29 is 9.90 Å². The van der Waals surface area contributed by atoms with Crippen LogP contribution in [-0.2, 0) is 11.2 Å². The molecule has 13 heavy (non-hydrogen) atoms. The van der Waals surface area contributed by atoms with Gasteiger partial charge in [-0.25, -0.2) is 0 Å². The van der Waals surface area contributed by atoms with E-state index < -0.39 is 6.04 Å². The molecule has 0 aliphatic heterocycles. The molecule has 1 aromatic rings. The van der Waals surface area contributed by atoms with Gasteiger partial charge >= 0.3 is 0 Å². The van der Waals surface area contributed by atoms with Gasteiger partial charge in [0, 0.05) is 0 Å². The Morgan fingerprint density at radius 2 is 2.00 bits per heavy atom. The normalized spacial score (nSPS) is 12.5. The molecule has 70 valence electrons. The van der Waals surface area contributed by atoms with Crippen molar-refractivity contribution in [1.82, 2.24) is 0 Å². The van der Waals surface area contributed by atoms with E-state index >= 15 is 0 Å². The van der Waals surface area contributed by atoms with Crippen LogP contribution in [0.3, 0.4) is 0 Å². The first-order chi connectivity index (χ1) is 6.09. The second-order valence-corrected chi connectivity index (χ2v) is 3.26. The highest BCUT2D eigenvalue weighted by Crippen LogP contribution is 2.11. The molecule has 0 unspecified atom stereocenters. The van der Waals surface area contributed by atoms with Crippen LogP contribution in [-0.4, -0.2) is 16.3 Å². The Morgan fingerprint density at radius 1 is 1.46 bits per heavy atom. The molecule has 0 radical (unpaired) electrons. The van der Waals surface area contributed by atoms with Crippen LogP contribution in [0.5, 0.6) is 5.75 Å². The lowest BCUT2D eigenvalue weighted by atomic mass is 10.1. The van der Waals surface area contributed by atoms with Gasteiger partial charge in [0.1, 0.15) is 5.75 Å². The van der Waals surface area contributed by atoms with Crippen molar-refractivity contribution in [2.75, 3.05) is 0 Å². The van der Waals surface area contributed by atoms with Gasteiger partial charge in [-0.15, -0.1) is 12.6 Å². The van der Waals surface area contributed by atoms with Crippen molar-refractivity contribution >= 4 is 17.7 Å². The molecule has 0 heterocycles. The molecule has 1 aromatic carbocycles. The van der Waals surface area contributed by atoms with Crippen molar-refractivity contribution in [3.63, 3.8) is 0 Å². The highest BCUT2D eigenvalue weighted by atomic mass is 32.1. The topological polar surface area (TPSA) is 63.3 Å². The van der Waals surface area contributed by atoms with E-state index in [1.165, 1.54) is 0 Å². The van der Waals surface area contributed by atoms with E-state index in [1.807, 2.05) is 0 Å². The van der Waals surface area contributed by atoms with Gasteiger partial charge in [-0.1, -0.05) is 12.1 Å². The number of thiol groups is 1. The van der Waals surface area contributed by atoms with Gasteiger partial charge in [-0.05, 0) is 24.1 Å². The fraction of sp³-hybridized carbons (Fsp3) is 0.222. The molecule has 0 bridgehead atoms. The maximum atomic E-state index is 10.7. The molecule has 3 N–H and O–H groups in total. The lowest BCUT2D eigenvalue weighted by Crippen LogP contribution is -2.29. The molecular formula is C9H11NO2S. The second kappa shape index (κ2) is 4.30. The number of phenols is 1.